The molecule has 2 rings (SSSR count). The third kappa shape index (κ3) is 2.75. The number of amides is 3. The fraction of sp³-hybridized carbons (Fsp3) is 0.727. The number of rotatable bonds is 5. The van der Waals surface area contributed by atoms with Gasteiger partial charge in [-0.15, -0.1) is 0 Å². The van der Waals surface area contributed by atoms with E-state index in [1.54, 1.807) is 0 Å². The first-order valence-electron chi connectivity index (χ1n) is 6.41. The minimum atomic E-state index is -4.27. The summed E-state index contributed by atoms with van der Waals surface area (Å²) in [7, 11) is 0. The van der Waals surface area contributed by atoms with Gasteiger partial charge in [0.2, 0.25) is 5.91 Å². The number of hydroxylamine groups is 2. The van der Waals surface area contributed by atoms with Gasteiger partial charge in [0.1, 0.15) is 6.04 Å². The van der Waals surface area contributed by atoms with Crippen LogP contribution in [0, 0.1) is 0 Å². The Morgan fingerprint density at radius 1 is 1.43 bits per heavy atom. The molecule has 0 spiro atoms. The predicted molar refractivity (Wildman–Crippen MR) is 62.6 cm³/mol. The minimum Gasteiger partial charge on any atom is -0.460 e. The number of halogens is 2. The van der Waals surface area contributed by atoms with Gasteiger partial charge < -0.3 is 15.4 Å². The Morgan fingerprint density at radius 3 is 2.67 bits per heavy atom. The molecule has 2 fully saturated rings. The number of ether oxygens (including phenoxy) is 1. The number of alkyl halides is 2. The zero-order valence-electron chi connectivity index (χ0n) is 11.3. The van der Waals surface area contributed by atoms with Gasteiger partial charge in [0.15, 0.2) is 0 Å². The van der Waals surface area contributed by atoms with Crippen molar-refractivity contribution in [2.75, 3.05) is 13.2 Å². The van der Waals surface area contributed by atoms with Crippen molar-refractivity contribution in [3.63, 3.8) is 0 Å². The van der Waals surface area contributed by atoms with Crippen molar-refractivity contribution in [2.24, 2.45) is 5.73 Å². The van der Waals surface area contributed by atoms with Crippen LogP contribution in [0.15, 0.2) is 0 Å². The molecule has 0 aromatic carbocycles. The van der Waals surface area contributed by atoms with Crippen LogP contribution < -0.4 is 5.73 Å². The molecular weight excluding hydrogens is 292 g/mol. The molecule has 3 amide bonds. The fourth-order valence-corrected chi connectivity index (χ4v) is 2.42. The molecule has 2 N–H and O–H groups in total. The molecular formula is C11H15F2N3O5. The third-order valence-corrected chi connectivity index (χ3v) is 3.38. The molecule has 10 heteroatoms. The summed E-state index contributed by atoms with van der Waals surface area (Å²) in [5, 5.41) is 0.430. The van der Waals surface area contributed by atoms with E-state index >= 15 is 0 Å². The Balaban J connectivity index is 2.10. The molecule has 8 nitrogen and oxygen atoms in total. The van der Waals surface area contributed by atoms with Crippen molar-refractivity contribution in [1.82, 2.24) is 9.96 Å². The summed E-state index contributed by atoms with van der Waals surface area (Å²) in [6, 6.07) is -2.42. The molecule has 0 radical (unpaired) electrons. The number of primary amides is 1. The summed E-state index contributed by atoms with van der Waals surface area (Å²) < 4.78 is 31.3. The molecule has 0 unspecified atom stereocenters. The predicted octanol–water partition coefficient (Wildman–Crippen LogP) is -0.172. The first-order chi connectivity index (χ1) is 9.77. The molecule has 2 atom stereocenters. The Labute approximate surface area is 118 Å². The minimum absolute atomic E-state index is 0.0470. The Hall–Kier alpha value is -1.97. The lowest BCUT2D eigenvalue weighted by atomic mass is 10.0. The van der Waals surface area contributed by atoms with Crippen molar-refractivity contribution in [3.8, 4) is 0 Å². The molecule has 0 aromatic rings. The first-order valence-corrected chi connectivity index (χ1v) is 6.41. The Bertz CT molecular complexity index is 473. The maximum Gasteiger partial charge on any atom is 0.477 e. The van der Waals surface area contributed by atoms with Gasteiger partial charge in [0.25, 0.3) is 0 Å². The maximum absolute atomic E-state index is 13.5. The zero-order valence-corrected chi connectivity index (χ0v) is 11.3. The van der Waals surface area contributed by atoms with Crippen LogP contribution in [0.1, 0.15) is 19.8 Å². The quantitative estimate of drug-likeness (QED) is 0.710. The lowest BCUT2D eigenvalue weighted by Gasteiger charge is -2.27. The summed E-state index contributed by atoms with van der Waals surface area (Å²) in [5.74, 6) is -2.58. The summed E-state index contributed by atoms with van der Waals surface area (Å²) in [6.45, 7) is 1.17. The van der Waals surface area contributed by atoms with Gasteiger partial charge in [-0.2, -0.15) is 18.7 Å². The highest BCUT2D eigenvalue weighted by Gasteiger charge is 2.53. The summed E-state index contributed by atoms with van der Waals surface area (Å²) in [4.78, 5) is 39.6. The molecule has 118 valence electrons. The number of urea groups is 1. The van der Waals surface area contributed by atoms with Gasteiger partial charge >= 0.3 is 18.1 Å². The topological polar surface area (TPSA) is 102 Å². The van der Waals surface area contributed by atoms with E-state index in [4.69, 9.17) is 5.73 Å². The zero-order chi connectivity index (χ0) is 15.8. The van der Waals surface area contributed by atoms with E-state index in [0.29, 0.717) is 5.06 Å². The van der Waals surface area contributed by atoms with Crippen LogP contribution >= 0.6 is 0 Å². The number of fused-ring (bicyclic) bond motifs is 2. The summed E-state index contributed by atoms with van der Waals surface area (Å²) in [6.07, 6.45) is -3.74. The molecule has 21 heavy (non-hydrogen) atoms. The lowest BCUT2D eigenvalue weighted by Crippen LogP contribution is -2.48. The second-order valence-electron chi connectivity index (χ2n) is 4.74. The number of carbonyl (C=O) groups is 3. The largest absolute Gasteiger partial charge is 0.477 e. The molecule has 0 saturated carbocycles. The van der Waals surface area contributed by atoms with Crippen molar-refractivity contribution in [2.45, 2.75) is 38.0 Å². The van der Waals surface area contributed by atoms with E-state index in [-0.39, 0.29) is 26.0 Å². The van der Waals surface area contributed by atoms with Crippen LogP contribution in [0.25, 0.3) is 0 Å². The number of nitrogens with two attached hydrogens (primary N) is 1. The lowest BCUT2D eigenvalue weighted by molar-refractivity contribution is -0.329. The molecule has 0 aromatic heterocycles. The molecule has 2 saturated heterocycles. The number of hydrogen-bond donors (Lipinski definition) is 1. The first kappa shape index (κ1) is 15.4. The van der Waals surface area contributed by atoms with Crippen LogP contribution in [0.3, 0.4) is 0 Å². The molecule has 2 aliphatic heterocycles. The SMILES string of the molecule is CCOC(=O)C(F)(F)ON1C(=O)N2C[C@H]1CC[C@H]2C(N)=O. The van der Waals surface area contributed by atoms with Gasteiger partial charge in [-0.25, -0.2) is 9.59 Å². The van der Waals surface area contributed by atoms with Gasteiger partial charge in [0, 0.05) is 6.54 Å². The number of nitrogens with zero attached hydrogens (tertiary/aromatic N) is 2. The maximum atomic E-state index is 13.5. The van der Waals surface area contributed by atoms with Crippen LogP contribution in [-0.4, -0.2) is 59.2 Å². The molecule has 2 heterocycles. The summed E-state index contributed by atoms with van der Waals surface area (Å²) in [5.41, 5.74) is 5.16. The van der Waals surface area contributed by atoms with E-state index in [2.05, 4.69) is 9.57 Å². The Kier molecular flexibility index (Phi) is 3.99. The van der Waals surface area contributed by atoms with Gasteiger partial charge in [-0.3, -0.25) is 4.79 Å². The van der Waals surface area contributed by atoms with Gasteiger partial charge in [0.05, 0.1) is 12.6 Å². The number of carbonyl (C=O) groups excluding carboxylic acids is 3. The summed E-state index contributed by atoms with van der Waals surface area (Å²) >= 11 is 0. The van der Waals surface area contributed by atoms with Crippen LogP contribution in [0.2, 0.25) is 0 Å². The highest BCUT2D eigenvalue weighted by atomic mass is 19.3. The van der Waals surface area contributed by atoms with Gasteiger partial charge in [-0.05, 0) is 19.8 Å². The van der Waals surface area contributed by atoms with E-state index in [1.807, 2.05) is 0 Å². The number of piperidine rings is 1. The average molecular weight is 307 g/mol. The van der Waals surface area contributed by atoms with Crippen LogP contribution in [-0.2, 0) is 19.2 Å². The fourth-order valence-electron chi connectivity index (χ4n) is 2.42. The highest BCUT2D eigenvalue weighted by molar-refractivity contribution is 5.87. The number of esters is 1. The molecule has 0 aliphatic carbocycles. The van der Waals surface area contributed by atoms with Gasteiger partial charge in [-0.1, -0.05) is 0 Å². The smallest absolute Gasteiger partial charge is 0.460 e. The molecule has 2 aliphatic rings. The normalized spacial score (nSPS) is 25.2. The monoisotopic (exact) mass is 307 g/mol. The third-order valence-electron chi connectivity index (χ3n) is 3.38. The van der Waals surface area contributed by atoms with Crippen molar-refractivity contribution in [3.05, 3.63) is 0 Å². The van der Waals surface area contributed by atoms with Crippen LogP contribution in [0.5, 0.6) is 0 Å². The van der Waals surface area contributed by atoms with E-state index in [9.17, 15) is 23.2 Å². The second kappa shape index (κ2) is 5.43. The van der Waals surface area contributed by atoms with Crippen molar-refractivity contribution in [1.29, 1.82) is 0 Å². The van der Waals surface area contributed by atoms with E-state index in [0.717, 1.165) is 4.90 Å². The highest BCUT2D eigenvalue weighted by Crippen LogP contribution is 2.33. The number of hydrogen-bond acceptors (Lipinski definition) is 5. The average Bonchev–Trinajstić information content (AvgIpc) is 2.63. The van der Waals surface area contributed by atoms with Crippen molar-refractivity contribution < 1.29 is 32.7 Å². The second-order valence-corrected chi connectivity index (χ2v) is 4.74. The van der Waals surface area contributed by atoms with Crippen molar-refractivity contribution >= 4 is 17.9 Å². The standard InChI is InChI=1S/C11H15F2N3O5/c1-2-20-9(18)11(12,13)21-16-6-3-4-7(8(14)17)15(5-6)10(16)19/h6-7H,2-5H2,1H3,(H2,14,17)/t6-,7+/m1/s1. The van der Waals surface area contributed by atoms with E-state index in [1.165, 1.54) is 6.92 Å². The molecule has 2 bridgehead atoms. The Morgan fingerprint density at radius 2 is 2.10 bits per heavy atom. The van der Waals surface area contributed by atoms with E-state index < -0.39 is 36.1 Å². The van der Waals surface area contributed by atoms with Crippen LogP contribution in [0.4, 0.5) is 13.6 Å².